The van der Waals surface area contributed by atoms with Crippen molar-refractivity contribution in [3.05, 3.63) is 144 Å². The molecule has 0 fully saturated rings. The van der Waals surface area contributed by atoms with Gasteiger partial charge < -0.3 is 5.32 Å². The van der Waals surface area contributed by atoms with E-state index in [1.54, 1.807) is 0 Å². The molecule has 0 saturated carbocycles. The molecule has 2 heterocycles. The molecule has 0 amide bonds. The van der Waals surface area contributed by atoms with Crippen LogP contribution in [0.4, 0.5) is 0 Å². The van der Waals surface area contributed by atoms with Gasteiger partial charge in [-0.05, 0) is 34.9 Å². The maximum absolute atomic E-state index is 5.08. The van der Waals surface area contributed by atoms with E-state index in [1.807, 2.05) is 35.6 Å². The van der Waals surface area contributed by atoms with Gasteiger partial charge in [0.15, 0.2) is 5.84 Å². The van der Waals surface area contributed by atoms with Crippen LogP contribution in [0.1, 0.15) is 22.9 Å². The predicted octanol–water partition coefficient (Wildman–Crippen LogP) is 8.22. The van der Waals surface area contributed by atoms with E-state index < -0.39 is 0 Å². The zero-order valence-electron chi connectivity index (χ0n) is 20.0. The van der Waals surface area contributed by atoms with Gasteiger partial charge in [-0.25, -0.2) is 9.98 Å². The molecule has 1 N–H and O–H groups in total. The van der Waals surface area contributed by atoms with E-state index in [-0.39, 0.29) is 6.17 Å². The van der Waals surface area contributed by atoms with Gasteiger partial charge in [-0.3, -0.25) is 0 Å². The Morgan fingerprint density at radius 2 is 1.30 bits per heavy atom. The fraction of sp³-hybridized carbons (Fsp3) is 0.0303. The molecule has 1 atom stereocenters. The van der Waals surface area contributed by atoms with Crippen molar-refractivity contribution in [2.24, 2.45) is 9.98 Å². The van der Waals surface area contributed by atoms with Gasteiger partial charge in [0.2, 0.25) is 0 Å². The van der Waals surface area contributed by atoms with Gasteiger partial charge in [-0.1, -0.05) is 109 Å². The summed E-state index contributed by atoms with van der Waals surface area (Å²) >= 11 is 1.83. The van der Waals surface area contributed by atoms with Crippen molar-refractivity contribution >= 4 is 43.2 Å². The molecular weight excluding hydrogens is 470 g/mol. The van der Waals surface area contributed by atoms with Crippen LogP contribution in [0.25, 0.3) is 31.3 Å². The summed E-state index contributed by atoms with van der Waals surface area (Å²) in [5, 5.41) is 6.13. The minimum absolute atomic E-state index is 0.219. The molecular formula is C33H23N3S. The van der Waals surface area contributed by atoms with Crippen LogP contribution in [-0.4, -0.2) is 11.7 Å². The highest BCUT2D eigenvalue weighted by atomic mass is 32.1. The zero-order valence-corrected chi connectivity index (χ0v) is 20.8. The lowest BCUT2D eigenvalue weighted by atomic mass is 10.00. The number of hydrogen-bond acceptors (Lipinski definition) is 4. The molecule has 0 bridgehead atoms. The SMILES string of the molecule is c1ccc(C2=NC(c3ccccc3)NC(c3cccc4sc5ccc(-c6ccccc6)cc5c34)=N2)cc1. The number of aliphatic imine (C=N–C) groups is 2. The highest BCUT2D eigenvalue weighted by molar-refractivity contribution is 7.25. The number of thiophene rings is 1. The van der Waals surface area contributed by atoms with E-state index in [0.29, 0.717) is 0 Å². The summed E-state index contributed by atoms with van der Waals surface area (Å²) in [6.07, 6.45) is -0.219. The fourth-order valence-corrected chi connectivity index (χ4v) is 6.06. The molecule has 6 aromatic rings. The Kier molecular flexibility index (Phi) is 5.38. The lowest BCUT2D eigenvalue weighted by molar-refractivity contribution is 0.674. The number of hydrogen-bond donors (Lipinski definition) is 1. The molecule has 5 aromatic carbocycles. The van der Waals surface area contributed by atoms with Crippen LogP contribution in [-0.2, 0) is 0 Å². The van der Waals surface area contributed by atoms with Gasteiger partial charge in [0.25, 0.3) is 0 Å². The number of nitrogens with zero attached hydrogens (tertiary/aromatic N) is 2. The molecule has 37 heavy (non-hydrogen) atoms. The third-order valence-electron chi connectivity index (χ3n) is 6.75. The number of fused-ring (bicyclic) bond motifs is 3. The van der Waals surface area contributed by atoms with E-state index >= 15 is 0 Å². The first kappa shape index (κ1) is 21.7. The van der Waals surface area contributed by atoms with Crippen LogP contribution in [0.2, 0.25) is 0 Å². The number of nitrogens with one attached hydrogen (secondary N) is 1. The van der Waals surface area contributed by atoms with Crippen LogP contribution in [0.3, 0.4) is 0 Å². The molecule has 0 saturated heterocycles. The summed E-state index contributed by atoms with van der Waals surface area (Å²) in [6, 6.07) is 44.4. The Morgan fingerprint density at radius 1 is 0.595 bits per heavy atom. The third kappa shape index (κ3) is 4.02. The summed E-state index contributed by atoms with van der Waals surface area (Å²) in [7, 11) is 0. The van der Waals surface area contributed by atoms with E-state index in [9.17, 15) is 0 Å². The van der Waals surface area contributed by atoms with Crippen LogP contribution < -0.4 is 5.32 Å². The van der Waals surface area contributed by atoms with E-state index in [0.717, 1.165) is 28.4 Å². The summed E-state index contributed by atoms with van der Waals surface area (Å²) in [5.74, 6) is 1.59. The largest absolute Gasteiger partial charge is 0.344 e. The van der Waals surface area contributed by atoms with Gasteiger partial charge >= 0.3 is 0 Å². The predicted molar refractivity (Wildman–Crippen MR) is 157 cm³/mol. The summed E-state index contributed by atoms with van der Waals surface area (Å²) in [4.78, 5) is 10.1. The van der Waals surface area contributed by atoms with Crippen molar-refractivity contribution in [1.29, 1.82) is 0 Å². The van der Waals surface area contributed by atoms with Crippen LogP contribution >= 0.6 is 11.3 Å². The smallest absolute Gasteiger partial charge is 0.159 e. The van der Waals surface area contributed by atoms with Gasteiger partial charge in [0, 0.05) is 31.3 Å². The van der Waals surface area contributed by atoms with E-state index in [1.165, 1.54) is 31.3 Å². The van der Waals surface area contributed by atoms with Gasteiger partial charge in [-0.15, -0.1) is 11.3 Å². The molecule has 7 rings (SSSR count). The average molecular weight is 494 g/mol. The summed E-state index contributed by atoms with van der Waals surface area (Å²) in [6.45, 7) is 0. The summed E-state index contributed by atoms with van der Waals surface area (Å²) in [5.41, 5.74) is 5.65. The molecule has 1 aliphatic heterocycles. The van der Waals surface area contributed by atoms with Gasteiger partial charge in [0.1, 0.15) is 12.0 Å². The Morgan fingerprint density at radius 3 is 2.05 bits per heavy atom. The minimum Gasteiger partial charge on any atom is -0.344 e. The van der Waals surface area contributed by atoms with Crippen molar-refractivity contribution in [1.82, 2.24) is 5.32 Å². The Hall–Kier alpha value is -4.54. The molecule has 4 heteroatoms. The first-order valence-corrected chi connectivity index (χ1v) is 13.2. The second-order valence-electron chi connectivity index (χ2n) is 9.09. The monoisotopic (exact) mass is 493 g/mol. The highest BCUT2D eigenvalue weighted by Crippen LogP contribution is 2.39. The molecule has 1 unspecified atom stereocenters. The highest BCUT2D eigenvalue weighted by Gasteiger charge is 2.23. The van der Waals surface area contributed by atoms with Crippen molar-refractivity contribution in [2.75, 3.05) is 0 Å². The quantitative estimate of drug-likeness (QED) is 0.264. The summed E-state index contributed by atoms with van der Waals surface area (Å²) < 4.78 is 2.53. The Balaban J connectivity index is 1.42. The van der Waals surface area contributed by atoms with Crippen LogP contribution in [0.5, 0.6) is 0 Å². The zero-order chi connectivity index (χ0) is 24.6. The molecule has 0 spiro atoms. The number of amidine groups is 2. The van der Waals surface area contributed by atoms with Crippen LogP contribution in [0.15, 0.2) is 137 Å². The normalized spacial score (nSPS) is 15.3. The minimum atomic E-state index is -0.219. The first-order chi connectivity index (χ1) is 18.3. The molecule has 1 aromatic heterocycles. The lowest BCUT2D eigenvalue weighted by Gasteiger charge is -2.24. The maximum Gasteiger partial charge on any atom is 0.159 e. The first-order valence-electron chi connectivity index (χ1n) is 12.4. The molecule has 0 radical (unpaired) electrons. The van der Waals surface area contributed by atoms with Crippen molar-refractivity contribution in [2.45, 2.75) is 6.17 Å². The van der Waals surface area contributed by atoms with Crippen LogP contribution in [0, 0.1) is 0 Å². The van der Waals surface area contributed by atoms with Crippen molar-refractivity contribution in [3.63, 3.8) is 0 Å². The lowest BCUT2D eigenvalue weighted by Crippen LogP contribution is -2.33. The Labute approximate surface area is 219 Å². The van der Waals surface area contributed by atoms with E-state index in [2.05, 4.69) is 108 Å². The topological polar surface area (TPSA) is 36.8 Å². The second kappa shape index (κ2) is 9.16. The third-order valence-corrected chi connectivity index (χ3v) is 7.88. The molecule has 176 valence electrons. The maximum atomic E-state index is 5.08. The fourth-order valence-electron chi connectivity index (χ4n) is 4.94. The number of benzene rings is 5. The Bertz CT molecular complexity index is 1790. The second-order valence-corrected chi connectivity index (χ2v) is 10.2. The molecule has 1 aliphatic rings. The number of rotatable bonds is 4. The van der Waals surface area contributed by atoms with E-state index in [4.69, 9.17) is 9.98 Å². The van der Waals surface area contributed by atoms with Gasteiger partial charge in [0.05, 0.1) is 0 Å². The van der Waals surface area contributed by atoms with Gasteiger partial charge in [-0.2, -0.15) is 0 Å². The molecule has 0 aliphatic carbocycles. The van der Waals surface area contributed by atoms with Crippen molar-refractivity contribution < 1.29 is 0 Å². The van der Waals surface area contributed by atoms with Crippen molar-refractivity contribution in [3.8, 4) is 11.1 Å². The standard InChI is InChI=1S/C33H23N3S/c1-4-11-22(12-5-1)25-19-20-28-27(21-25)30-26(17-10-18-29(30)37-28)33-35-31(23-13-6-2-7-14-23)34-32(36-33)24-15-8-3-9-16-24/h1-21,31H,(H,34,35,36). The average Bonchev–Trinajstić information content (AvgIpc) is 3.36. The molecule has 3 nitrogen and oxygen atoms in total.